The van der Waals surface area contributed by atoms with Gasteiger partial charge in [0.25, 0.3) is 5.56 Å². The fourth-order valence-electron chi connectivity index (χ4n) is 3.72. The Bertz CT molecular complexity index is 1380. The SMILES string of the molecule is COc1cn(C(C)C(=O)Cc2ccc(C(=O)OC(C)(C)C)cc2)c(=O)cc1-c1cc(Cl)ccc1OC(F)F. The zero-order chi connectivity index (χ0) is 28.2. The third-order valence-electron chi connectivity index (χ3n) is 5.56. The lowest BCUT2D eigenvalue weighted by Crippen LogP contribution is -2.28. The number of Topliss-reactive ketones (excluding diaryl/α,β-unsaturated/α-hetero) is 1. The summed E-state index contributed by atoms with van der Waals surface area (Å²) < 4.78 is 42.4. The van der Waals surface area contributed by atoms with Crippen LogP contribution in [0.15, 0.2) is 59.5 Å². The Hall–Kier alpha value is -3.72. The van der Waals surface area contributed by atoms with Crippen molar-refractivity contribution in [1.82, 2.24) is 4.57 Å². The number of hydrogen-bond acceptors (Lipinski definition) is 6. The van der Waals surface area contributed by atoms with Gasteiger partial charge in [-0.25, -0.2) is 4.79 Å². The van der Waals surface area contributed by atoms with Crippen molar-refractivity contribution in [2.24, 2.45) is 0 Å². The van der Waals surface area contributed by atoms with Crippen LogP contribution in [-0.4, -0.2) is 35.6 Å². The monoisotopic (exact) mass is 547 g/mol. The average molecular weight is 548 g/mol. The third-order valence-corrected chi connectivity index (χ3v) is 5.80. The number of benzene rings is 2. The number of esters is 1. The smallest absolute Gasteiger partial charge is 0.387 e. The molecule has 202 valence electrons. The standard InChI is InChI=1S/C28H28ClF2NO6/c1-16(22(33)12-17-6-8-18(9-7-17)26(35)38-28(2,3)4)32-15-24(36-5)21(14-25(32)34)20-13-19(29)10-11-23(20)37-27(30)31/h6-11,13-16,27H,12H2,1-5H3. The van der Waals surface area contributed by atoms with Crippen molar-refractivity contribution in [2.75, 3.05) is 7.11 Å². The van der Waals surface area contributed by atoms with Crippen LogP contribution in [0, 0.1) is 0 Å². The largest absolute Gasteiger partial charge is 0.495 e. The molecule has 38 heavy (non-hydrogen) atoms. The number of hydrogen-bond donors (Lipinski definition) is 0. The number of methoxy groups -OCH3 is 1. The molecule has 0 fully saturated rings. The molecular formula is C28H28ClF2NO6. The van der Waals surface area contributed by atoms with E-state index in [1.54, 1.807) is 52.0 Å². The zero-order valence-corrected chi connectivity index (χ0v) is 22.3. The van der Waals surface area contributed by atoms with E-state index in [1.165, 1.54) is 42.1 Å². The van der Waals surface area contributed by atoms with Crippen LogP contribution in [0.3, 0.4) is 0 Å². The molecule has 1 unspecified atom stereocenters. The highest BCUT2D eigenvalue weighted by Gasteiger charge is 2.22. The lowest BCUT2D eigenvalue weighted by Gasteiger charge is -2.19. The molecule has 7 nitrogen and oxygen atoms in total. The summed E-state index contributed by atoms with van der Waals surface area (Å²) in [5.41, 5.74) is 0.155. The quantitative estimate of drug-likeness (QED) is 0.301. The molecule has 1 aromatic heterocycles. The highest BCUT2D eigenvalue weighted by molar-refractivity contribution is 6.31. The number of ether oxygens (including phenoxy) is 3. The van der Waals surface area contributed by atoms with Crippen LogP contribution in [0.5, 0.6) is 11.5 Å². The molecule has 1 heterocycles. The second kappa shape index (κ2) is 11.8. The van der Waals surface area contributed by atoms with Gasteiger partial charge in [-0.1, -0.05) is 23.7 Å². The van der Waals surface area contributed by atoms with Gasteiger partial charge in [0.2, 0.25) is 0 Å². The first-order valence-corrected chi connectivity index (χ1v) is 12.1. The average Bonchev–Trinajstić information content (AvgIpc) is 2.83. The lowest BCUT2D eigenvalue weighted by molar-refractivity contribution is -0.121. The molecule has 0 aliphatic rings. The van der Waals surface area contributed by atoms with Crippen molar-refractivity contribution in [3.05, 3.63) is 81.2 Å². The van der Waals surface area contributed by atoms with Gasteiger partial charge in [-0.3, -0.25) is 9.59 Å². The van der Waals surface area contributed by atoms with Gasteiger partial charge in [0.05, 0.1) is 24.9 Å². The van der Waals surface area contributed by atoms with Crippen molar-refractivity contribution in [3.8, 4) is 22.6 Å². The molecule has 0 saturated carbocycles. The first kappa shape index (κ1) is 28.8. The summed E-state index contributed by atoms with van der Waals surface area (Å²) in [5.74, 6) is -0.758. The molecule has 3 aromatic rings. The van der Waals surface area contributed by atoms with Crippen LogP contribution in [0.4, 0.5) is 8.78 Å². The zero-order valence-electron chi connectivity index (χ0n) is 21.6. The van der Waals surface area contributed by atoms with E-state index < -0.39 is 29.8 Å². The van der Waals surface area contributed by atoms with E-state index in [0.29, 0.717) is 11.1 Å². The Morgan fingerprint density at radius 3 is 2.21 bits per heavy atom. The van der Waals surface area contributed by atoms with E-state index in [2.05, 4.69) is 4.74 Å². The van der Waals surface area contributed by atoms with Crippen LogP contribution >= 0.6 is 11.6 Å². The summed E-state index contributed by atoms with van der Waals surface area (Å²) in [6.07, 6.45) is 1.35. The van der Waals surface area contributed by atoms with Crippen LogP contribution in [0.1, 0.15) is 49.7 Å². The van der Waals surface area contributed by atoms with Crippen molar-refractivity contribution in [3.63, 3.8) is 0 Å². The number of carbonyl (C=O) groups excluding carboxylic acids is 2. The predicted octanol–water partition coefficient (Wildman–Crippen LogP) is 6.11. The van der Waals surface area contributed by atoms with E-state index in [9.17, 15) is 23.2 Å². The van der Waals surface area contributed by atoms with Gasteiger partial charge in [0.15, 0.2) is 5.78 Å². The second-order valence-electron chi connectivity index (χ2n) is 9.54. The topological polar surface area (TPSA) is 83.8 Å². The Kier molecular flexibility index (Phi) is 8.93. The van der Waals surface area contributed by atoms with E-state index in [0.717, 1.165) is 0 Å². The summed E-state index contributed by atoms with van der Waals surface area (Å²) >= 11 is 6.06. The molecular weight excluding hydrogens is 520 g/mol. The molecule has 3 rings (SSSR count). The van der Waals surface area contributed by atoms with E-state index in [1.807, 2.05) is 0 Å². The number of rotatable bonds is 9. The minimum absolute atomic E-state index is 0.00689. The number of pyridine rings is 1. The molecule has 0 bridgehead atoms. The fraction of sp³-hybridized carbons (Fsp3) is 0.321. The van der Waals surface area contributed by atoms with Gasteiger partial charge >= 0.3 is 12.6 Å². The van der Waals surface area contributed by atoms with E-state index in [4.69, 9.17) is 21.1 Å². The van der Waals surface area contributed by atoms with Crippen molar-refractivity contribution < 1.29 is 32.6 Å². The number of ketones is 1. The van der Waals surface area contributed by atoms with Crippen molar-refractivity contribution in [2.45, 2.75) is 52.4 Å². The number of nitrogens with zero attached hydrogens (tertiary/aromatic N) is 1. The van der Waals surface area contributed by atoms with Crippen molar-refractivity contribution in [1.29, 1.82) is 0 Å². The molecule has 0 radical (unpaired) electrons. The third kappa shape index (κ3) is 7.19. The first-order chi connectivity index (χ1) is 17.8. The summed E-state index contributed by atoms with van der Waals surface area (Å²) in [4.78, 5) is 38.3. The Labute approximate surface area is 223 Å². The normalized spacial score (nSPS) is 12.2. The lowest BCUT2D eigenvalue weighted by atomic mass is 10.0. The molecule has 1 atom stereocenters. The molecule has 0 aliphatic heterocycles. The maximum atomic E-state index is 13.0. The fourth-order valence-corrected chi connectivity index (χ4v) is 3.89. The predicted molar refractivity (Wildman–Crippen MR) is 139 cm³/mol. The van der Waals surface area contributed by atoms with Crippen LogP contribution in [0.25, 0.3) is 11.1 Å². The molecule has 0 N–H and O–H groups in total. The number of aromatic nitrogens is 1. The first-order valence-electron chi connectivity index (χ1n) is 11.7. The van der Waals surface area contributed by atoms with Gasteiger partial charge in [-0.15, -0.1) is 0 Å². The molecule has 0 aliphatic carbocycles. The van der Waals surface area contributed by atoms with E-state index in [-0.39, 0.29) is 39.9 Å². The van der Waals surface area contributed by atoms with Gasteiger partial charge in [0, 0.05) is 28.6 Å². The summed E-state index contributed by atoms with van der Waals surface area (Å²) in [5, 5.41) is 0.245. The molecule has 2 aromatic carbocycles. The van der Waals surface area contributed by atoms with Crippen LogP contribution in [0.2, 0.25) is 5.02 Å². The minimum atomic E-state index is -3.09. The Morgan fingerprint density at radius 2 is 1.63 bits per heavy atom. The summed E-state index contributed by atoms with van der Waals surface area (Å²) in [6.45, 7) is 3.80. The summed E-state index contributed by atoms with van der Waals surface area (Å²) in [7, 11) is 1.35. The second-order valence-corrected chi connectivity index (χ2v) is 9.97. The Morgan fingerprint density at radius 1 is 1.00 bits per heavy atom. The number of alkyl halides is 2. The van der Waals surface area contributed by atoms with Gasteiger partial charge < -0.3 is 18.8 Å². The minimum Gasteiger partial charge on any atom is -0.495 e. The van der Waals surface area contributed by atoms with Crippen LogP contribution in [-0.2, 0) is 16.0 Å². The number of halogens is 3. The molecule has 0 spiro atoms. The highest BCUT2D eigenvalue weighted by Crippen LogP contribution is 2.38. The molecule has 0 amide bonds. The highest BCUT2D eigenvalue weighted by atomic mass is 35.5. The maximum Gasteiger partial charge on any atom is 0.387 e. The van der Waals surface area contributed by atoms with Gasteiger partial charge in [0.1, 0.15) is 17.1 Å². The Balaban J connectivity index is 1.86. The maximum absolute atomic E-state index is 13.0. The molecule has 0 saturated heterocycles. The van der Waals surface area contributed by atoms with Gasteiger partial charge in [-0.05, 0) is 63.6 Å². The van der Waals surface area contributed by atoms with Crippen LogP contribution < -0.4 is 15.0 Å². The summed E-state index contributed by atoms with van der Waals surface area (Å²) in [6, 6.07) is 10.8. The van der Waals surface area contributed by atoms with Gasteiger partial charge in [-0.2, -0.15) is 8.78 Å². The molecule has 10 heteroatoms. The number of carbonyl (C=O) groups is 2. The van der Waals surface area contributed by atoms with E-state index >= 15 is 0 Å². The van der Waals surface area contributed by atoms with Crippen molar-refractivity contribution >= 4 is 23.4 Å².